The predicted octanol–water partition coefficient (Wildman–Crippen LogP) is 4.44. The van der Waals surface area contributed by atoms with Gasteiger partial charge in [0.15, 0.2) is 0 Å². The first kappa shape index (κ1) is 33.2. The molecule has 1 saturated carbocycles. The maximum atomic E-state index is 15.5. The molecule has 238 valence electrons. The number of hydrogen-bond acceptors (Lipinski definition) is 6. The zero-order valence-corrected chi connectivity index (χ0v) is 26.8. The van der Waals surface area contributed by atoms with Crippen LogP contribution in [0, 0.1) is 17.7 Å². The van der Waals surface area contributed by atoms with Crippen molar-refractivity contribution in [2.45, 2.75) is 72.4 Å². The molecule has 0 spiro atoms. The monoisotopic (exact) mass is 626 g/mol. The van der Waals surface area contributed by atoms with Crippen molar-refractivity contribution >= 4 is 46.7 Å². The standard InChI is InChI=1S/C32H43FN6O4S/c1-5-27(40)36-28(32(43)38-15-17-44-18-16-38)21(4)23-11-12-25(24(33)19-23)35-31(42)29(22-9-7-20(3)8-10-22)37-30(41)26-13-14-34-39(26)6-2/h11-14,19-20,22,29H,5-10,15-18H2,1-4H3,(H,35,42)(H,36,40)(H,37,41)/b28-21+/t20?,22?,29-/m0/s1. The molecule has 2 fully saturated rings. The van der Waals surface area contributed by atoms with Gasteiger partial charge in [-0.3, -0.25) is 23.9 Å². The Morgan fingerprint density at radius 2 is 1.77 bits per heavy atom. The van der Waals surface area contributed by atoms with E-state index in [1.165, 1.54) is 12.1 Å². The minimum Gasteiger partial charge on any atom is -0.339 e. The van der Waals surface area contributed by atoms with Crippen molar-refractivity contribution in [1.82, 2.24) is 25.3 Å². The first-order valence-corrected chi connectivity index (χ1v) is 16.6. The number of carbonyl (C=O) groups excluding carboxylic acids is 4. The Labute approximate surface area is 262 Å². The maximum Gasteiger partial charge on any atom is 0.270 e. The number of rotatable bonds is 10. The van der Waals surface area contributed by atoms with Gasteiger partial charge in [0.1, 0.15) is 23.3 Å². The van der Waals surface area contributed by atoms with Crippen LogP contribution >= 0.6 is 11.8 Å². The van der Waals surface area contributed by atoms with Crippen molar-refractivity contribution in [3.8, 4) is 0 Å². The predicted molar refractivity (Wildman–Crippen MR) is 170 cm³/mol. The van der Waals surface area contributed by atoms with E-state index in [1.54, 1.807) is 53.5 Å². The van der Waals surface area contributed by atoms with E-state index in [0.29, 0.717) is 42.4 Å². The third-order valence-corrected chi connectivity index (χ3v) is 9.42. The number of benzene rings is 1. The van der Waals surface area contributed by atoms with E-state index in [-0.39, 0.29) is 35.5 Å². The number of allylic oxidation sites excluding steroid dienone is 1. The topological polar surface area (TPSA) is 125 Å². The smallest absolute Gasteiger partial charge is 0.270 e. The molecule has 2 aliphatic rings. The summed E-state index contributed by atoms with van der Waals surface area (Å²) in [6.45, 7) is 9.07. The third-order valence-electron chi connectivity index (χ3n) is 8.48. The second kappa shape index (κ2) is 15.4. The van der Waals surface area contributed by atoms with Gasteiger partial charge in [0.25, 0.3) is 11.8 Å². The number of nitrogens with zero attached hydrogens (tertiary/aromatic N) is 3. The quantitative estimate of drug-likeness (QED) is 0.335. The fraction of sp³-hybridized carbons (Fsp3) is 0.531. The molecule has 3 N–H and O–H groups in total. The summed E-state index contributed by atoms with van der Waals surface area (Å²) in [4.78, 5) is 54.2. The molecular formula is C32H43FN6O4S. The Morgan fingerprint density at radius 3 is 2.41 bits per heavy atom. The molecule has 44 heavy (non-hydrogen) atoms. The molecule has 1 aromatic carbocycles. The SMILES string of the molecule is CCC(=O)N/C(C(=O)N1CCSCC1)=C(\C)c1ccc(NC(=O)[C@@H](NC(=O)c2ccnn2CC)C2CCC(C)CC2)c(F)c1. The van der Waals surface area contributed by atoms with Gasteiger partial charge in [-0.05, 0) is 67.9 Å². The lowest BCUT2D eigenvalue weighted by Gasteiger charge is -2.32. The number of thioether (sulfide) groups is 1. The van der Waals surface area contributed by atoms with Crippen LogP contribution in [0.1, 0.15) is 75.9 Å². The molecule has 0 bridgehead atoms. The minimum atomic E-state index is -0.855. The number of anilines is 1. The Morgan fingerprint density at radius 1 is 1.07 bits per heavy atom. The van der Waals surface area contributed by atoms with Gasteiger partial charge in [-0.1, -0.05) is 32.8 Å². The molecule has 10 nitrogen and oxygen atoms in total. The first-order valence-electron chi connectivity index (χ1n) is 15.4. The molecule has 1 aliphatic heterocycles. The molecule has 1 aromatic heterocycles. The average Bonchev–Trinajstić information content (AvgIpc) is 3.53. The van der Waals surface area contributed by atoms with Gasteiger partial charge in [-0.25, -0.2) is 4.39 Å². The molecule has 2 heterocycles. The van der Waals surface area contributed by atoms with Crippen LogP contribution in [0.25, 0.3) is 5.57 Å². The lowest BCUT2D eigenvalue weighted by molar-refractivity contribution is -0.129. The zero-order valence-electron chi connectivity index (χ0n) is 26.0. The Bertz CT molecular complexity index is 1390. The van der Waals surface area contributed by atoms with Gasteiger partial charge in [-0.15, -0.1) is 0 Å². The van der Waals surface area contributed by atoms with Crippen molar-refractivity contribution in [2.75, 3.05) is 29.9 Å². The van der Waals surface area contributed by atoms with Crippen LogP contribution in [0.2, 0.25) is 0 Å². The van der Waals surface area contributed by atoms with Gasteiger partial charge < -0.3 is 20.9 Å². The molecule has 4 rings (SSSR count). The number of nitrogens with one attached hydrogen (secondary N) is 3. The Balaban J connectivity index is 1.57. The van der Waals surface area contributed by atoms with E-state index < -0.39 is 23.7 Å². The Hall–Kier alpha value is -3.67. The maximum absolute atomic E-state index is 15.5. The highest BCUT2D eigenvalue weighted by Crippen LogP contribution is 2.32. The highest BCUT2D eigenvalue weighted by atomic mass is 32.2. The number of hydrogen-bond donors (Lipinski definition) is 3. The van der Waals surface area contributed by atoms with Crippen LogP contribution < -0.4 is 16.0 Å². The lowest BCUT2D eigenvalue weighted by Crippen LogP contribution is -2.49. The van der Waals surface area contributed by atoms with Gasteiger partial charge in [0.05, 0.1) is 5.69 Å². The van der Waals surface area contributed by atoms with E-state index >= 15 is 4.39 Å². The molecular weight excluding hydrogens is 583 g/mol. The van der Waals surface area contributed by atoms with Gasteiger partial charge in [-0.2, -0.15) is 16.9 Å². The summed E-state index contributed by atoms with van der Waals surface area (Å²) < 4.78 is 17.1. The summed E-state index contributed by atoms with van der Waals surface area (Å²) in [5.41, 5.74) is 1.29. The number of carbonyl (C=O) groups is 4. The van der Waals surface area contributed by atoms with E-state index in [2.05, 4.69) is 28.0 Å². The highest BCUT2D eigenvalue weighted by Gasteiger charge is 2.34. The van der Waals surface area contributed by atoms with Crippen molar-refractivity contribution < 1.29 is 23.6 Å². The summed E-state index contributed by atoms with van der Waals surface area (Å²) in [5.74, 6) is -0.122. The number of aromatic nitrogens is 2. The minimum absolute atomic E-state index is 0.0351. The molecule has 1 saturated heterocycles. The van der Waals surface area contributed by atoms with Crippen LogP contribution in [0.15, 0.2) is 36.2 Å². The summed E-state index contributed by atoms with van der Waals surface area (Å²) in [6.07, 6.45) is 5.16. The van der Waals surface area contributed by atoms with E-state index in [1.807, 2.05) is 6.92 Å². The Kier molecular flexibility index (Phi) is 11.6. The van der Waals surface area contributed by atoms with Crippen LogP contribution in [0.4, 0.5) is 10.1 Å². The van der Waals surface area contributed by atoms with Crippen LogP contribution in [0.5, 0.6) is 0 Å². The first-order chi connectivity index (χ1) is 21.1. The zero-order chi connectivity index (χ0) is 31.8. The van der Waals surface area contributed by atoms with E-state index in [9.17, 15) is 19.2 Å². The molecule has 1 aliphatic carbocycles. The average molecular weight is 627 g/mol. The number of amides is 4. The van der Waals surface area contributed by atoms with Crippen LogP contribution in [0.3, 0.4) is 0 Å². The van der Waals surface area contributed by atoms with Gasteiger partial charge in [0.2, 0.25) is 11.8 Å². The van der Waals surface area contributed by atoms with Gasteiger partial charge in [0, 0.05) is 43.8 Å². The summed E-state index contributed by atoms with van der Waals surface area (Å²) in [5, 5.41) is 12.5. The normalized spacial score (nSPS) is 19.9. The summed E-state index contributed by atoms with van der Waals surface area (Å²) >= 11 is 1.77. The lowest BCUT2D eigenvalue weighted by atomic mass is 9.79. The molecule has 12 heteroatoms. The third kappa shape index (κ3) is 8.08. The fourth-order valence-electron chi connectivity index (χ4n) is 5.67. The van der Waals surface area contributed by atoms with E-state index in [0.717, 1.165) is 37.2 Å². The second-order valence-corrected chi connectivity index (χ2v) is 12.7. The number of aryl methyl sites for hydroxylation is 1. The molecule has 0 unspecified atom stereocenters. The molecule has 4 amide bonds. The second-order valence-electron chi connectivity index (χ2n) is 11.5. The summed E-state index contributed by atoms with van der Waals surface area (Å²) in [7, 11) is 0. The largest absolute Gasteiger partial charge is 0.339 e. The molecule has 0 radical (unpaired) electrons. The highest BCUT2D eigenvalue weighted by molar-refractivity contribution is 7.99. The fourth-order valence-corrected chi connectivity index (χ4v) is 6.58. The van der Waals surface area contributed by atoms with Gasteiger partial charge >= 0.3 is 0 Å². The van der Waals surface area contributed by atoms with Crippen molar-refractivity contribution in [3.05, 3.63) is 53.2 Å². The van der Waals surface area contributed by atoms with Crippen LogP contribution in [-0.4, -0.2) is 68.9 Å². The van der Waals surface area contributed by atoms with Crippen molar-refractivity contribution in [2.24, 2.45) is 11.8 Å². The van der Waals surface area contributed by atoms with Crippen molar-refractivity contribution in [3.63, 3.8) is 0 Å². The van der Waals surface area contributed by atoms with E-state index in [4.69, 9.17) is 0 Å². The van der Waals surface area contributed by atoms with Crippen LogP contribution in [-0.2, 0) is 20.9 Å². The summed E-state index contributed by atoms with van der Waals surface area (Å²) in [6, 6.07) is 5.06. The van der Waals surface area contributed by atoms with Crippen molar-refractivity contribution in [1.29, 1.82) is 0 Å². The number of halogens is 1. The molecule has 2 aromatic rings. The molecule has 1 atom stereocenters.